The minimum absolute atomic E-state index is 0.000602. The Balaban J connectivity index is 3.30. The van der Waals surface area contributed by atoms with Gasteiger partial charge in [0.2, 0.25) is 0 Å². The van der Waals surface area contributed by atoms with Gasteiger partial charge in [0, 0.05) is 5.56 Å². The van der Waals surface area contributed by atoms with Gasteiger partial charge in [-0.3, -0.25) is 0 Å². The third kappa shape index (κ3) is 1.99. The summed E-state index contributed by atoms with van der Waals surface area (Å²) in [5.74, 6) is 0.431. The van der Waals surface area contributed by atoms with E-state index in [-0.39, 0.29) is 5.56 Å². The van der Waals surface area contributed by atoms with Crippen LogP contribution in [-0.2, 0) is 0 Å². The number of halogens is 3. The van der Waals surface area contributed by atoms with Crippen LogP contribution >= 0.6 is 15.9 Å². The highest BCUT2D eigenvalue weighted by Gasteiger charge is 2.17. The SMILES string of the molecule is COc1ccc(C)c(C(F)F)c1Br. The fourth-order valence-electron chi connectivity index (χ4n) is 1.10. The van der Waals surface area contributed by atoms with Crippen LogP contribution in [0.1, 0.15) is 17.6 Å². The van der Waals surface area contributed by atoms with Crippen LogP contribution in [0.4, 0.5) is 8.78 Å². The minimum Gasteiger partial charge on any atom is -0.496 e. The molecule has 1 aromatic carbocycles. The number of alkyl halides is 2. The molecule has 0 radical (unpaired) electrons. The third-order valence-corrected chi connectivity index (χ3v) is 2.62. The van der Waals surface area contributed by atoms with E-state index in [4.69, 9.17) is 4.74 Å². The number of rotatable bonds is 2. The molecule has 0 aliphatic rings. The van der Waals surface area contributed by atoms with Gasteiger partial charge in [-0.2, -0.15) is 0 Å². The van der Waals surface area contributed by atoms with E-state index in [1.807, 2.05) is 0 Å². The Labute approximate surface area is 83.8 Å². The Hall–Kier alpha value is -0.640. The normalized spacial score (nSPS) is 10.6. The van der Waals surface area contributed by atoms with Crippen molar-refractivity contribution < 1.29 is 13.5 Å². The predicted molar refractivity (Wildman–Crippen MR) is 50.4 cm³/mol. The van der Waals surface area contributed by atoms with Crippen LogP contribution in [0.25, 0.3) is 0 Å². The van der Waals surface area contributed by atoms with Gasteiger partial charge in [0.25, 0.3) is 6.43 Å². The molecule has 1 rings (SSSR count). The largest absolute Gasteiger partial charge is 0.496 e. The third-order valence-electron chi connectivity index (χ3n) is 1.80. The molecular weight excluding hydrogens is 242 g/mol. The van der Waals surface area contributed by atoms with Crippen LogP contribution in [-0.4, -0.2) is 7.11 Å². The Morgan fingerprint density at radius 1 is 1.38 bits per heavy atom. The molecule has 0 aliphatic heterocycles. The molecule has 13 heavy (non-hydrogen) atoms. The van der Waals surface area contributed by atoms with Gasteiger partial charge in [-0.1, -0.05) is 6.07 Å². The molecule has 0 saturated heterocycles. The van der Waals surface area contributed by atoms with Crippen molar-refractivity contribution in [2.75, 3.05) is 7.11 Å². The van der Waals surface area contributed by atoms with Crippen molar-refractivity contribution in [1.29, 1.82) is 0 Å². The molecule has 0 amide bonds. The van der Waals surface area contributed by atoms with E-state index in [1.54, 1.807) is 19.1 Å². The lowest BCUT2D eigenvalue weighted by Gasteiger charge is -2.10. The summed E-state index contributed by atoms with van der Waals surface area (Å²) >= 11 is 3.09. The number of methoxy groups -OCH3 is 1. The zero-order chi connectivity index (χ0) is 10.0. The molecule has 0 bridgehead atoms. The summed E-state index contributed by atoms with van der Waals surface area (Å²) in [7, 11) is 1.45. The second-order valence-corrected chi connectivity index (χ2v) is 3.41. The fourth-order valence-corrected chi connectivity index (χ4v) is 1.87. The first-order valence-electron chi connectivity index (χ1n) is 3.69. The first kappa shape index (κ1) is 10.4. The van der Waals surface area contributed by atoms with Crippen LogP contribution in [0.15, 0.2) is 16.6 Å². The smallest absolute Gasteiger partial charge is 0.265 e. The number of hydrogen-bond acceptors (Lipinski definition) is 1. The van der Waals surface area contributed by atoms with Gasteiger partial charge < -0.3 is 4.74 Å². The first-order valence-corrected chi connectivity index (χ1v) is 4.48. The van der Waals surface area contributed by atoms with E-state index in [9.17, 15) is 8.78 Å². The van der Waals surface area contributed by atoms with Gasteiger partial charge in [0.05, 0.1) is 11.6 Å². The Bertz CT molecular complexity index is 313. The van der Waals surface area contributed by atoms with E-state index < -0.39 is 6.43 Å². The molecule has 0 N–H and O–H groups in total. The maximum absolute atomic E-state index is 12.5. The highest BCUT2D eigenvalue weighted by molar-refractivity contribution is 9.10. The van der Waals surface area contributed by atoms with Crippen molar-refractivity contribution in [2.24, 2.45) is 0 Å². The maximum Gasteiger partial charge on any atom is 0.265 e. The average molecular weight is 251 g/mol. The number of benzene rings is 1. The molecule has 0 aliphatic carbocycles. The summed E-state index contributed by atoms with van der Waals surface area (Å²) in [6.07, 6.45) is -2.48. The predicted octanol–water partition coefficient (Wildman–Crippen LogP) is 3.70. The zero-order valence-electron chi connectivity index (χ0n) is 7.27. The molecule has 0 fully saturated rings. The van der Waals surface area contributed by atoms with Gasteiger partial charge >= 0.3 is 0 Å². The molecule has 0 aromatic heterocycles. The number of aryl methyl sites for hydroxylation is 1. The van der Waals surface area contributed by atoms with Crippen LogP contribution in [0.2, 0.25) is 0 Å². The molecule has 0 spiro atoms. The van der Waals surface area contributed by atoms with Crippen LogP contribution < -0.4 is 4.74 Å². The van der Waals surface area contributed by atoms with Gasteiger partial charge in [0.15, 0.2) is 0 Å². The lowest BCUT2D eigenvalue weighted by atomic mass is 10.1. The van der Waals surface area contributed by atoms with Crippen LogP contribution in [0, 0.1) is 6.92 Å². The van der Waals surface area contributed by atoms with Crippen molar-refractivity contribution in [3.63, 3.8) is 0 Å². The van der Waals surface area contributed by atoms with Crippen LogP contribution in [0.5, 0.6) is 5.75 Å². The summed E-state index contributed by atoms with van der Waals surface area (Å²) in [5, 5.41) is 0. The molecule has 4 heteroatoms. The highest BCUT2D eigenvalue weighted by Crippen LogP contribution is 2.36. The molecular formula is C9H9BrF2O. The maximum atomic E-state index is 12.5. The van der Waals surface area contributed by atoms with Crippen molar-refractivity contribution in [2.45, 2.75) is 13.3 Å². The number of hydrogen-bond donors (Lipinski definition) is 0. The van der Waals surface area contributed by atoms with Crippen molar-refractivity contribution in [3.8, 4) is 5.75 Å². The molecule has 0 heterocycles. The topological polar surface area (TPSA) is 9.23 Å². The zero-order valence-corrected chi connectivity index (χ0v) is 8.86. The average Bonchev–Trinajstić information content (AvgIpc) is 2.04. The van der Waals surface area contributed by atoms with Gasteiger partial charge in [-0.25, -0.2) is 8.78 Å². The second kappa shape index (κ2) is 4.05. The molecule has 0 atom stereocenters. The fraction of sp³-hybridized carbons (Fsp3) is 0.333. The Morgan fingerprint density at radius 3 is 2.46 bits per heavy atom. The summed E-state index contributed by atoms with van der Waals surface area (Å²) in [6.45, 7) is 1.64. The molecule has 72 valence electrons. The minimum atomic E-state index is -2.48. The molecule has 0 unspecified atom stereocenters. The van der Waals surface area contributed by atoms with Gasteiger partial charge in [0.1, 0.15) is 5.75 Å². The quantitative estimate of drug-likeness (QED) is 0.778. The molecule has 0 saturated carbocycles. The summed E-state index contributed by atoms with van der Waals surface area (Å²) in [6, 6.07) is 3.27. The van der Waals surface area contributed by atoms with E-state index in [0.29, 0.717) is 15.8 Å². The van der Waals surface area contributed by atoms with Crippen molar-refractivity contribution >= 4 is 15.9 Å². The monoisotopic (exact) mass is 250 g/mol. The van der Waals surface area contributed by atoms with Gasteiger partial charge in [-0.15, -0.1) is 0 Å². The highest BCUT2D eigenvalue weighted by atomic mass is 79.9. The second-order valence-electron chi connectivity index (χ2n) is 2.61. The Kier molecular flexibility index (Phi) is 3.25. The standard InChI is InChI=1S/C9H9BrF2O/c1-5-3-4-6(13-2)8(10)7(5)9(11)12/h3-4,9H,1-2H3. The van der Waals surface area contributed by atoms with E-state index in [1.165, 1.54) is 7.11 Å². The van der Waals surface area contributed by atoms with Crippen molar-refractivity contribution in [1.82, 2.24) is 0 Å². The van der Waals surface area contributed by atoms with Crippen molar-refractivity contribution in [3.05, 3.63) is 27.7 Å². The van der Waals surface area contributed by atoms with E-state index >= 15 is 0 Å². The number of ether oxygens (including phenoxy) is 1. The molecule has 1 aromatic rings. The van der Waals surface area contributed by atoms with E-state index in [0.717, 1.165) is 0 Å². The molecule has 1 nitrogen and oxygen atoms in total. The first-order chi connectivity index (χ1) is 6.07. The Morgan fingerprint density at radius 2 is 2.00 bits per heavy atom. The van der Waals surface area contributed by atoms with Crippen LogP contribution in [0.3, 0.4) is 0 Å². The lowest BCUT2D eigenvalue weighted by Crippen LogP contribution is -1.94. The summed E-state index contributed by atoms with van der Waals surface area (Å²) in [5.41, 5.74) is 0.557. The van der Waals surface area contributed by atoms with Gasteiger partial charge in [-0.05, 0) is 34.5 Å². The summed E-state index contributed by atoms with van der Waals surface area (Å²) in [4.78, 5) is 0. The lowest BCUT2D eigenvalue weighted by molar-refractivity contribution is 0.149. The van der Waals surface area contributed by atoms with E-state index in [2.05, 4.69) is 15.9 Å². The summed E-state index contributed by atoms with van der Waals surface area (Å²) < 4.78 is 30.3.